The summed E-state index contributed by atoms with van der Waals surface area (Å²) in [5, 5.41) is 2.47. The molecule has 0 aliphatic heterocycles. The van der Waals surface area contributed by atoms with E-state index in [4.69, 9.17) is 0 Å². The van der Waals surface area contributed by atoms with Crippen LogP contribution in [0.3, 0.4) is 0 Å². The van der Waals surface area contributed by atoms with E-state index in [0.717, 1.165) is 28.3 Å². The smallest absolute Gasteiger partial charge is 0.0561 e. The number of benzene rings is 9. The molecule has 0 aliphatic carbocycles. The Labute approximate surface area is 327 Å². The number of hydrogen-bond donors (Lipinski definition) is 0. The first-order chi connectivity index (χ1) is 27.8. The van der Waals surface area contributed by atoms with Gasteiger partial charge in [0.25, 0.3) is 0 Å². The molecule has 0 atom stereocenters. The third-order valence-corrected chi connectivity index (χ3v) is 10.8. The maximum atomic E-state index is 2.41. The molecular weight excluding hydrogens is 677 g/mol. The van der Waals surface area contributed by atoms with Crippen molar-refractivity contribution in [1.29, 1.82) is 0 Å². The standard InChI is InChI=1S/C54H38N2/c1-5-17-39(18-6-1)40-29-31-44(32-30-40)55(46-34-36-51-50-27-15-16-28-53(50)56(54(51)38-46)43-23-11-4-12-24-43)45-33-35-48(42-21-9-3-10-22-42)52(37-45)49-26-14-13-25-47(49)41-19-7-2-8-20-41/h1-38H. The van der Waals surface area contributed by atoms with Gasteiger partial charge in [-0.25, -0.2) is 0 Å². The molecule has 56 heavy (non-hydrogen) atoms. The maximum Gasteiger partial charge on any atom is 0.0561 e. The number of para-hydroxylation sites is 2. The van der Waals surface area contributed by atoms with Crippen LogP contribution in [0, 0.1) is 0 Å². The van der Waals surface area contributed by atoms with Crippen molar-refractivity contribution >= 4 is 38.9 Å². The van der Waals surface area contributed by atoms with Crippen molar-refractivity contribution in [2.24, 2.45) is 0 Å². The molecule has 264 valence electrons. The van der Waals surface area contributed by atoms with Crippen LogP contribution in [0.2, 0.25) is 0 Å². The van der Waals surface area contributed by atoms with E-state index in [-0.39, 0.29) is 0 Å². The van der Waals surface area contributed by atoms with Gasteiger partial charge in [0.15, 0.2) is 0 Å². The zero-order valence-electron chi connectivity index (χ0n) is 30.8. The van der Waals surface area contributed by atoms with Gasteiger partial charge in [-0.1, -0.05) is 176 Å². The van der Waals surface area contributed by atoms with Crippen LogP contribution in [0.1, 0.15) is 0 Å². The van der Waals surface area contributed by atoms with Gasteiger partial charge in [-0.05, 0) is 99.1 Å². The summed E-state index contributed by atoms with van der Waals surface area (Å²) in [4.78, 5) is 2.41. The first kappa shape index (κ1) is 33.2. The molecule has 0 N–H and O–H groups in total. The molecule has 0 amide bonds. The average Bonchev–Trinajstić information content (AvgIpc) is 3.61. The van der Waals surface area contributed by atoms with Gasteiger partial charge in [0.2, 0.25) is 0 Å². The number of anilines is 3. The van der Waals surface area contributed by atoms with Crippen LogP contribution in [-0.4, -0.2) is 4.57 Å². The van der Waals surface area contributed by atoms with Gasteiger partial charge in [-0.3, -0.25) is 0 Å². The number of fused-ring (bicyclic) bond motifs is 3. The van der Waals surface area contributed by atoms with E-state index in [2.05, 4.69) is 240 Å². The minimum absolute atomic E-state index is 1.08. The van der Waals surface area contributed by atoms with E-state index in [1.807, 2.05) is 0 Å². The highest BCUT2D eigenvalue weighted by atomic mass is 15.1. The molecule has 0 aliphatic rings. The molecule has 9 aromatic carbocycles. The second-order valence-electron chi connectivity index (χ2n) is 14.1. The van der Waals surface area contributed by atoms with Gasteiger partial charge in [-0.2, -0.15) is 0 Å². The fourth-order valence-electron chi connectivity index (χ4n) is 8.19. The minimum atomic E-state index is 1.08. The van der Waals surface area contributed by atoms with Gasteiger partial charge in [0.1, 0.15) is 0 Å². The largest absolute Gasteiger partial charge is 0.310 e. The molecule has 0 saturated carbocycles. The molecule has 10 aromatic rings. The van der Waals surface area contributed by atoms with Gasteiger partial charge in [0, 0.05) is 33.5 Å². The monoisotopic (exact) mass is 714 g/mol. The Kier molecular flexibility index (Phi) is 8.55. The van der Waals surface area contributed by atoms with Crippen LogP contribution in [-0.2, 0) is 0 Å². The number of rotatable bonds is 8. The average molecular weight is 715 g/mol. The first-order valence-electron chi connectivity index (χ1n) is 19.2. The zero-order valence-corrected chi connectivity index (χ0v) is 30.8. The topological polar surface area (TPSA) is 8.17 Å². The third kappa shape index (κ3) is 6.04. The second kappa shape index (κ2) is 14.4. The van der Waals surface area contributed by atoms with Crippen molar-refractivity contribution in [2.45, 2.75) is 0 Å². The molecule has 2 nitrogen and oxygen atoms in total. The summed E-state index contributed by atoms with van der Waals surface area (Å²) < 4.78 is 2.39. The lowest BCUT2D eigenvalue weighted by atomic mass is 9.89. The van der Waals surface area contributed by atoms with E-state index < -0.39 is 0 Å². The van der Waals surface area contributed by atoms with E-state index in [1.165, 1.54) is 60.8 Å². The van der Waals surface area contributed by atoms with Crippen molar-refractivity contribution in [1.82, 2.24) is 4.57 Å². The molecule has 10 rings (SSSR count). The zero-order chi connectivity index (χ0) is 37.3. The molecule has 0 saturated heterocycles. The van der Waals surface area contributed by atoms with Gasteiger partial charge in [-0.15, -0.1) is 0 Å². The van der Waals surface area contributed by atoms with Gasteiger partial charge in [0.05, 0.1) is 11.0 Å². The Balaban J connectivity index is 1.22. The summed E-state index contributed by atoms with van der Waals surface area (Å²) in [5.74, 6) is 0. The van der Waals surface area contributed by atoms with Crippen LogP contribution in [0.15, 0.2) is 231 Å². The molecule has 0 fully saturated rings. The van der Waals surface area contributed by atoms with Crippen molar-refractivity contribution < 1.29 is 0 Å². The lowest BCUT2D eigenvalue weighted by Crippen LogP contribution is -2.10. The summed E-state index contributed by atoms with van der Waals surface area (Å²) in [5.41, 5.74) is 16.3. The van der Waals surface area contributed by atoms with Crippen LogP contribution >= 0.6 is 0 Å². The van der Waals surface area contributed by atoms with Crippen LogP contribution in [0.25, 0.3) is 72.0 Å². The van der Waals surface area contributed by atoms with Crippen LogP contribution in [0.5, 0.6) is 0 Å². The highest BCUT2D eigenvalue weighted by Gasteiger charge is 2.20. The Bertz CT molecular complexity index is 2930. The lowest BCUT2D eigenvalue weighted by Gasteiger charge is -2.27. The van der Waals surface area contributed by atoms with E-state index in [1.54, 1.807) is 0 Å². The van der Waals surface area contributed by atoms with Crippen molar-refractivity contribution in [3.63, 3.8) is 0 Å². The van der Waals surface area contributed by atoms with Crippen LogP contribution in [0.4, 0.5) is 17.1 Å². The molecule has 0 bridgehead atoms. The van der Waals surface area contributed by atoms with Crippen molar-refractivity contribution in [3.8, 4) is 50.2 Å². The van der Waals surface area contributed by atoms with E-state index >= 15 is 0 Å². The summed E-state index contributed by atoms with van der Waals surface area (Å²) in [6.45, 7) is 0. The fraction of sp³-hybridized carbons (Fsp3) is 0. The Morgan fingerprint density at radius 2 is 0.732 bits per heavy atom. The Morgan fingerprint density at radius 1 is 0.268 bits per heavy atom. The SMILES string of the molecule is c1ccc(-c2ccc(N(c3ccc(-c4ccccc4)c(-c4ccccc4-c4ccccc4)c3)c3ccc4c5ccccc5n(-c5ccccc5)c4c3)cc2)cc1. The number of hydrogen-bond acceptors (Lipinski definition) is 1. The normalized spacial score (nSPS) is 11.2. The summed E-state index contributed by atoms with van der Waals surface area (Å²) in [6.07, 6.45) is 0. The Morgan fingerprint density at radius 3 is 1.41 bits per heavy atom. The quantitative estimate of drug-likeness (QED) is 0.152. The Hall–Kier alpha value is -7.42. The number of nitrogens with zero attached hydrogens (tertiary/aromatic N) is 2. The van der Waals surface area contributed by atoms with Gasteiger partial charge >= 0.3 is 0 Å². The van der Waals surface area contributed by atoms with E-state index in [0.29, 0.717) is 0 Å². The predicted octanol–water partition coefficient (Wildman–Crippen LogP) is 14.9. The first-order valence-corrected chi connectivity index (χ1v) is 19.2. The van der Waals surface area contributed by atoms with Gasteiger partial charge < -0.3 is 9.47 Å². The highest BCUT2D eigenvalue weighted by molar-refractivity contribution is 6.10. The summed E-state index contributed by atoms with van der Waals surface area (Å²) in [6, 6.07) is 83.1. The minimum Gasteiger partial charge on any atom is -0.310 e. The van der Waals surface area contributed by atoms with E-state index in [9.17, 15) is 0 Å². The molecule has 2 heteroatoms. The molecule has 0 radical (unpaired) electrons. The van der Waals surface area contributed by atoms with Crippen molar-refractivity contribution in [3.05, 3.63) is 231 Å². The predicted molar refractivity (Wildman–Crippen MR) is 237 cm³/mol. The molecule has 1 heterocycles. The molecular formula is C54H38N2. The van der Waals surface area contributed by atoms with Crippen LogP contribution < -0.4 is 4.90 Å². The number of aromatic nitrogens is 1. The summed E-state index contributed by atoms with van der Waals surface area (Å²) in [7, 11) is 0. The molecule has 0 spiro atoms. The van der Waals surface area contributed by atoms with Crippen molar-refractivity contribution in [2.75, 3.05) is 4.90 Å². The fourth-order valence-corrected chi connectivity index (χ4v) is 8.19. The second-order valence-corrected chi connectivity index (χ2v) is 14.1. The highest BCUT2D eigenvalue weighted by Crippen LogP contribution is 2.45. The summed E-state index contributed by atoms with van der Waals surface area (Å²) >= 11 is 0. The lowest BCUT2D eigenvalue weighted by molar-refractivity contribution is 1.18. The third-order valence-electron chi connectivity index (χ3n) is 10.8. The molecule has 1 aromatic heterocycles. The maximum absolute atomic E-state index is 2.41. The molecule has 0 unspecified atom stereocenters.